The van der Waals surface area contributed by atoms with Crippen molar-refractivity contribution in [2.24, 2.45) is 5.92 Å². The van der Waals surface area contributed by atoms with E-state index in [2.05, 4.69) is 17.4 Å². The molecular formula is C12H15NO. The standard InChI is InChI=1S/C12H15NO/c1-2-13-12(14)11-7-9-5-3-4-6-10(9)8-11/h3-6,11H,2,7-8H2,1H3,(H,13,14). The maximum Gasteiger partial charge on any atom is 0.223 e. The van der Waals surface area contributed by atoms with Gasteiger partial charge in [-0.1, -0.05) is 24.3 Å². The Morgan fingerprint density at radius 3 is 2.43 bits per heavy atom. The maximum absolute atomic E-state index is 11.6. The second-order valence-electron chi connectivity index (χ2n) is 3.77. The van der Waals surface area contributed by atoms with Gasteiger partial charge in [0.25, 0.3) is 0 Å². The highest BCUT2D eigenvalue weighted by Gasteiger charge is 2.26. The second-order valence-corrected chi connectivity index (χ2v) is 3.77. The summed E-state index contributed by atoms with van der Waals surface area (Å²) < 4.78 is 0. The summed E-state index contributed by atoms with van der Waals surface area (Å²) in [5.74, 6) is 0.357. The van der Waals surface area contributed by atoms with Gasteiger partial charge in [-0.2, -0.15) is 0 Å². The first-order valence-corrected chi connectivity index (χ1v) is 5.15. The lowest BCUT2D eigenvalue weighted by molar-refractivity contribution is -0.124. The largest absolute Gasteiger partial charge is 0.356 e. The Bertz CT molecular complexity index is 321. The van der Waals surface area contributed by atoms with Gasteiger partial charge in [0.05, 0.1) is 0 Å². The lowest BCUT2D eigenvalue weighted by Crippen LogP contribution is -2.30. The fourth-order valence-electron chi connectivity index (χ4n) is 2.06. The Kier molecular flexibility index (Phi) is 2.53. The van der Waals surface area contributed by atoms with E-state index in [0.717, 1.165) is 19.4 Å². The first-order chi connectivity index (χ1) is 6.81. The van der Waals surface area contributed by atoms with Gasteiger partial charge in [-0.15, -0.1) is 0 Å². The van der Waals surface area contributed by atoms with Crippen molar-refractivity contribution < 1.29 is 4.79 Å². The third kappa shape index (κ3) is 1.65. The molecule has 1 amide bonds. The zero-order chi connectivity index (χ0) is 9.97. The molecule has 0 bridgehead atoms. The molecule has 1 aromatic carbocycles. The zero-order valence-electron chi connectivity index (χ0n) is 8.42. The number of hydrogen-bond donors (Lipinski definition) is 1. The van der Waals surface area contributed by atoms with Crippen molar-refractivity contribution in [2.45, 2.75) is 19.8 Å². The number of nitrogens with one attached hydrogen (secondary N) is 1. The molecule has 0 radical (unpaired) electrons. The predicted molar refractivity (Wildman–Crippen MR) is 56.0 cm³/mol. The van der Waals surface area contributed by atoms with Crippen LogP contribution < -0.4 is 5.32 Å². The number of benzene rings is 1. The van der Waals surface area contributed by atoms with Crippen LogP contribution in [0.25, 0.3) is 0 Å². The Hall–Kier alpha value is -1.31. The van der Waals surface area contributed by atoms with Crippen LogP contribution in [0.5, 0.6) is 0 Å². The number of hydrogen-bond acceptors (Lipinski definition) is 1. The Morgan fingerprint density at radius 1 is 1.36 bits per heavy atom. The minimum Gasteiger partial charge on any atom is -0.356 e. The van der Waals surface area contributed by atoms with E-state index >= 15 is 0 Å². The van der Waals surface area contributed by atoms with E-state index in [1.807, 2.05) is 19.1 Å². The summed E-state index contributed by atoms with van der Waals surface area (Å²) in [6.07, 6.45) is 1.81. The summed E-state index contributed by atoms with van der Waals surface area (Å²) in [4.78, 5) is 11.6. The van der Waals surface area contributed by atoms with Crippen LogP contribution in [0.3, 0.4) is 0 Å². The van der Waals surface area contributed by atoms with Crippen LogP contribution in [-0.2, 0) is 17.6 Å². The van der Waals surface area contributed by atoms with Gasteiger partial charge in [0, 0.05) is 12.5 Å². The molecule has 1 aliphatic rings. The van der Waals surface area contributed by atoms with Crippen LogP contribution >= 0.6 is 0 Å². The van der Waals surface area contributed by atoms with Gasteiger partial charge in [0.15, 0.2) is 0 Å². The van der Waals surface area contributed by atoms with Gasteiger partial charge in [-0.25, -0.2) is 0 Å². The van der Waals surface area contributed by atoms with Crippen molar-refractivity contribution in [2.75, 3.05) is 6.54 Å². The molecule has 74 valence electrons. The van der Waals surface area contributed by atoms with Gasteiger partial charge in [-0.3, -0.25) is 4.79 Å². The van der Waals surface area contributed by atoms with Crippen molar-refractivity contribution in [1.82, 2.24) is 5.32 Å². The van der Waals surface area contributed by atoms with E-state index in [4.69, 9.17) is 0 Å². The van der Waals surface area contributed by atoms with E-state index in [-0.39, 0.29) is 11.8 Å². The molecule has 2 nitrogen and oxygen atoms in total. The van der Waals surface area contributed by atoms with Crippen molar-refractivity contribution >= 4 is 5.91 Å². The fraction of sp³-hybridized carbons (Fsp3) is 0.417. The van der Waals surface area contributed by atoms with E-state index in [1.165, 1.54) is 11.1 Å². The molecule has 1 N–H and O–H groups in total. The molecule has 14 heavy (non-hydrogen) atoms. The predicted octanol–water partition coefficient (Wildman–Crippen LogP) is 1.54. The van der Waals surface area contributed by atoms with E-state index in [0.29, 0.717) is 0 Å². The fourth-order valence-corrected chi connectivity index (χ4v) is 2.06. The third-order valence-electron chi connectivity index (χ3n) is 2.77. The number of fused-ring (bicyclic) bond motifs is 1. The summed E-state index contributed by atoms with van der Waals surface area (Å²) in [5.41, 5.74) is 2.67. The van der Waals surface area contributed by atoms with Crippen LogP contribution in [0, 0.1) is 5.92 Å². The monoisotopic (exact) mass is 189 g/mol. The Morgan fingerprint density at radius 2 is 1.93 bits per heavy atom. The average Bonchev–Trinajstić information content (AvgIpc) is 2.61. The highest BCUT2D eigenvalue weighted by molar-refractivity contribution is 5.80. The first kappa shape index (κ1) is 9.25. The summed E-state index contributed by atoms with van der Waals surface area (Å²) in [7, 11) is 0. The minimum atomic E-state index is 0.160. The molecule has 2 rings (SSSR count). The van der Waals surface area contributed by atoms with Crippen molar-refractivity contribution in [3.63, 3.8) is 0 Å². The molecule has 0 spiro atoms. The van der Waals surface area contributed by atoms with Crippen molar-refractivity contribution in [1.29, 1.82) is 0 Å². The van der Waals surface area contributed by atoms with Gasteiger partial charge >= 0.3 is 0 Å². The Balaban J connectivity index is 2.08. The van der Waals surface area contributed by atoms with Crippen molar-refractivity contribution in [3.05, 3.63) is 35.4 Å². The van der Waals surface area contributed by atoms with Crippen LogP contribution in [0.15, 0.2) is 24.3 Å². The molecule has 0 heterocycles. The molecule has 1 aliphatic carbocycles. The van der Waals surface area contributed by atoms with Crippen LogP contribution in [0.4, 0.5) is 0 Å². The normalized spacial score (nSPS) is 15.2. The average molecular weight is 189 g/mol. The number of amides is 1. The minimum absolute atomic E-state index is 0.160. The summed E-state index contributed by atoms with van der Waals surface area (Å²) >= 11 is 0. The molecule has 0 saturated carbocycles. The van der Waals surface area contributed by atoms with E-state index < -0.39 is 0 Å². The lowest BCUT2D eigenvalue weighted by atomic mass is 10.1. The lowest BCUT2D eigenvalue weighted by Gasteiger charge is -2.07. The molecule has 0 aromatic heterocycles. The molecule has 1 aromatic rings. The van der Waals surface area contributed by atoms with Gasteiger partial charge in [0.2, 0.25) is 5.91 Å². The Labute approximate surface area is 84.3 Å². The highest BCUT2D eigenvalue weighted by Crippen LogP contribution is 2.26. The highest BCUT2D eigenvalue weighted by atomic mass is 16.1. The van der Waals surface area contributed by atoms with Crippen LogP contribution in [0.2, 0.25) is 0 Å². The van der Waals surface area contributed by atoms with Gasteiger partial charge in [-0.05, 0) is 30.9 Å². The molecule has 2 heteroatoms. The second kappa shape index (κ2) is 3.82. The molecule has 0 unspecified atom stereocenters. The molecule has 0 fully saturated rings. The van der Waals surface area contributed by atoms with E-state index in [9.17, 15) is 4.79 Å². The van der Waals surface area contributed by atoms with E-state index in [1.54, 1.807) is 0 Å². The first-order valence-electron chi connectivity index (χ1n) is 5.15. The molecule has 0 atom stereocenters. The van der Waals surface area contributed by atoms with Gasteiger partial charge in [0.1, 0.15) is 0 Å². The topological polar surface area (TPSA) is 29.1 Å². The van der Waals surface area contributed by atoms with Gasteiger partial charge < -0.3 is 5.32 Å². The maximum atomic E-state index is 11.6. The quantitative estimate of drug-likeness (QED) is 0.751. The molecule has 0 saturated heterocycles. The number of carbonyl (C=O) groups excluding carboxylic acids is 1. The summed E-state index contributed by atoms with van der Waals surface area (Å²) in [6.45, 7) is 2.69. The van der Waals surface area contributed by atoms with Crippen LogP contribution in [-0.4, -0.2) is 12.5 Å². The molecule has 0 aliphatic heterocycles. The number of rotatable bonds is 2. The summed E-state index contributed by atoms with van der Waals surface area (Å²) in [6, 6.07) is 8.32. The van der Waals surface area contributed by atoms with Crippen molar-refractivity contribution in [3.8, 4) is 0 Å². The third-order valence-corrected chi connectivity index (χ3v) is 2.77. The SMILES string of the molecule is CCNC(=O)C1Cc2ccccc2C1. The molecular weight excluding hydrogens is 174 g/mol. The zero-order valence-corrected chi connectivity index (χ0v) is 8.42. The summed E-state index contributed by atoms with van der Waals surface area (Å²) in [5, 5.41) is 2.88. The van der Waals surface area contributed by atoms with Crippen LogP contribution in [0.1, 0.15) is 18.1 Å². The number of carbonyl (C=O) groups is 1. The smallest absolute Gasteiger partial charge is 0.223 e.